The highest BCUT2D eigenvalue weighted by Gasteiger charge is 2.46. The molecule has 6 nitrogen and oxygen atoms in total. The van der Waals surface area contributed by atoms with Crippen molar-refractivity contribution >= 4 is 11.8 Å². The van der Waals surface area contributed by atoms with Crippen molar-refractivity contribution in [1.29, 1.82) is 0 Å². The fourth-order valence-corrected chi connectivity index (χ4v) is 6.95. The molecule has 3 saturated heterocycles. The van der Waals surface area contributed by atoms with Crippen LogP contribution in [0.25, 0.3) is 0 Å². The van der Waals surface area contributed by atoms with Crippen LogP contribution < -0.4 is 10.6 Å². The highest BCUT2D eigenvalue weighted by atomic mass is 19.1. The molecule has 7 heteroatoms. The van der Waals surface area contributed by atoms with E-state index in [9.17, 15) is 14.0 Å². The maximum absolute atomic E-state index is 14.4. The third-order valence-corrected chi connectivity index (χ3v) is 8.69. The Labute approximate surface area is 179 Å². The Kier molecular flexibility index (Phi) is 5.78. The summed E-state index contributed by atoms with van der Waals surface area (Å²) in [6.07, 6.45) is 7.46. The quantitative estimate of drug-likeness (QED) is 0.731. The zero-order valence-corrected chi connectivity index (χ0v) is 18.2. The number of hydrogen-bond donors (Lipinski definition) is 2. The van der Waals surface area contributed by atoms with Crippen molar-refractivity contribution in [3.8, 4) is 0 Å². The van der Waals surface area contributed by atoms with Crippen molar-refractivity contribution in [2.45, 2.75) is 101 Å². The fourth-order valence-electron chi connectivity index (χ4n) is 6.95. The normalized spacial score (nSPS) is 44.6. The van der Waals surface area contributed by atoms with Crippen LogP contribution in [-0.4, -0.2) is 77.6 Å². The second-order valence-corrected chi connectivity index (χ2v) is 10.5. The van der Waals surface area contributed by atoms with Gasteiger partial charge in [-0.1, -0.05) is 6.92 Å². The summed E-state index contributed by atoms with van der Waals surface area (Å²) in [4.78, 5) is 29.6. The first-order chi connectivity index (χ1) is 14.5. The minimum Gasteiger partial charge on any atom is -0.352 e. The summed E-state index contributed by atoms with van der Waals surface area (Å²) in [6, 6.07) is 1.00. The first-order valence-electron chi connectivity index (χ1n) is 12.2. The summed E-state index contributed by atoms with van der Waals surface area (Å²) in [5, 5.41) is 6.77. The predicted octanol–water partition coefficient (Wildman–Crippen LogP) is 1.84. The Morgan fingerprint density at radius 3 is 2.80 bits per heavy atom. The van der Waals surface area contributed by atoms with Gasteiger partial charge in [0.1, 0.15) is 6.17 Å². The monoisotopic (exact) mass is 420 g/mol. The van der Waals surface area contributed by atoms with Gasteiger partial charge in [-0.3, -0.25) is 14.5 Å². The highest BCUT2D eigenvalue weighted by Crippen LogP contribution is 2.38. The molecule has 0 bridgehead atoms. The minimum atomic E-state index is -0.767. The van der Waals surface area contributed by atoms with Gasteiger partial charge in [0.05, 0.1) is 6.04 Å². The molecule has 3 aliphatic heterocycles. The van der Waals surface area contributed by atoms with Gasteiger partial charge in [-0.15, -0.1) is 0 Å². The van der Waals surface area contributed by atoms with Crippen molar-refractivity contribution < 1.29 is 14.0 Å². The number of hydrogen-bond acceptors (Lipinski definition) is 4. The summed E-state index contributed by atoms with van der Waals surface area (Å²) in [7, 11) is 0. The summed E-state index contributed by atoms with van der Waals surface area (Å²) in [6.45, 7) is 4.98. The molecule has 2 saturated carbocycles. The van der Waals surface area contributed by atoms with Gasteiger partial charge in [0.15, 0.2) is 0 Å². The Morgan fingerprint density at radius 2 is 1.97 bits per heavy atom. The second-order valence-electron chi connectivity index (χ2n) is 10.5. The molecular weight excluding hydrogens is 383 g/mol. The Balaban J connectivity index is 1.14. The average molecular weight is 421 g/mol. The lowest BCUT2D eigenvalue weighted by Gasteiger charge is -2.44. The molecule has 168 valence electrons. The molecule has 5 aliphatic rings. The van der Waals surface area contributed by atoms with Crippen LogP contribution in [0, 0.1) is 11.8 Å². The second kappa shape index (κ2) is 8.38. The number of halogens is 1. The van der Waals surface area contributed by atoms with Crippen molar-refractivity contribution in [2.75, 3.05) is 19.6 Å². The summed E-state index contributed by atoms with van der Waals surface area (Å²) >= 11 is 0. The Bertz CT molecular complexity index is 658. The standard InChI is InChI=1S/C23H37FN4O2/c1-14-5-7-19(24)18-12-20(26-22(14)18)23(30)25-15-3-2-4-16(11-15)27-9-10-28-17(13-27)6-8-21(28)29/h14-20,22,26H,2-13H2,1H3,(H,25,30). The largest absolute Gasteiger partial charge is 0.352 e. The average Bonchev–Trinajstić information content (AvgIpc) is 3.36. The number of carbonyl (C=O) groups excluding carboxylic acids is 2. The van der Waals surface area contributed by atoms with Crippen LogP contribution in [-0.2, 0) is 9.59 Å². The number of alkyl halides is 1. The minimum absolute atomic E-state index is 0.00554. The van der Waals surface area contributed by atoms with Crippen LogP contribution in [0.3, 0.4) is 0 Å². The van der Waals surface area contributed by atoms with Gasteiger partial charge < -0.3 is 15.5 Å². The number of amides is 2. The first-order valence-corrected chi connectivity index (χ1v) is 12.2. The third-order valence-electron chi connectivity index (χ3n) is 8.69. The van der Waals surface area contributed by atoms with E-state index < -0.39 is 6.17 Å². The number of carbonyl (C=O) groups is 2. The van der Waals surface area contributed by atoms with Crippen molar-refractivity contribution in [2.24, 2.45) is 11.8 Å². The first kappa shape index (κ1) is 20.7. The van der Waals surface area contributed by atoms with Crippen LogP contribution in [0.2, 0.25) is 0 Å². The van der Waals surface area contributed by atoms with E-state index in [0.29, 0.717) is 43.2 Å². The number of nitrogens with one attached hydrogen (secondary N) is 2. The molecule has 30 heavy (non-hydrogen) atoms. The molecular formula is C23H37FN4O2. The number of nitrogens with zero attached hydrogens (tertiary/aromatic N) is 2. The molecule has 2 amide bonds. The van der Waals surface area contributed by atoms with Gasteiger partial charge in [-0.05, 0) is 57.3 Å². The summed E-state index contributed by atoms with van der Waals surface area (Å²) < 4.78 is 14.4. The van der Waals surface area contributed by atoms with E-state index in [4.69, 9.17) is 0 Å². The van der Waals surface area contributed by atoms with E-state index in [1.54, 1.807) is 0 Å². The molecule has 0 radical (unpaired) electrons. The lowest BCUT2D eigenvalue weighted by Crippen LogP contribution is -2.57. The molecule has 8 unspecified atom stereocenters. The Hall–Kier alpha value is -1.21. The number of fused-ring (bicyclic) bond motifs is 2. The molecule has 5 rings (SSSR count). The molecule has 0 aromatic heterocycles. The topological polar surface area (TPSA) is 64.7 Å². The molecule has 5 fully saturated rings. The highest BCUT2D eigenvalue weighted by molar-refractivity contribution is 5.82. The lowest BCUT2D eigenvalue weighted by molar-refractivity contribution is -0.131. The zero-order valence-electron chi connectivity index (χ0n) is 18.2. The van der Waals surface area contributed by atoms with Gasteiger partial charge >= 0.3 is 0 Å². The van der Waals surface area contributed by atoms with Crippen LogP contribution in [0.15, 0.2) is 0 Å². The smallest absolute Gasteiger partial charge is 0.237 e. The van der Waals surface area contributed by atoms with Gasteiger partial charge in [-0.2, -0.15) is 0 Å². The van der Waals surface area contributed by atoms with Crippen LogP contribution in [0.5, 0.6) is 0 Å². The van der Waals surface area contributed by atoms with E-state index in [2.05, 4.69) is 27.4 Å². The molecule has 2 aliphatic carbocycles. The van der Waals surface area contributed by atoms with E-state index in [1.165, 1.54) is 6.42 Å². The van der Waals surface area contributed by atoms with Crippen molar-refractivity contribution in [1.82, 2.24) is 20.4 Å². The maximum atomic E-state index is 14.4. The van der Waals surface area contributed by atoms with E-state index in [-0.39, 0.29) is 30.0 Å². The molecule has 3 heterocycles. The van der Waals surface area contributed by atoms with Crippen molar-refractivity contribution in [3.05, 3.63) is 0 Å². The fraction of sp³-hybridized carbons (Fsp3) is 0.913. The van der Waals surface area contributed by atoms with Gasteiger partial charge in [-0.25, -0.2) is 4.39 Å². The maximum Gasteiger partial charge on any atom is 0.237 e. The van der Waals surface area contributed by atoms with Gasteiger partial charge in [0, 0.05) is 56.1 Å². The molecule has 2 N–H and O–H groups in total. The van der Waals surface area contributed by atoms with Crippen molar-refractivity contribution in [3.63, 3.8) is 0 Å². The third kappa shape index (κ3) is 3.88. The van der Waals surface area contributed by atoms with E-state index in [1.807, 2.05) is 0 Å². The zero-order chi connectivity index (χ0) is 20.8. The SMILES string of the molecule is CC1CCC(F)C2CC(C(=O)NC3CCCC(N4CCN5C(=O)CCC5C4)C3)NC12. The molecule has 0 spiro atoms. The van der Waals surface area contributed by atoms with Crippen LogP contribution >= 0.6 is 0 Å². The summed E-state index contributed by atoms with van der Waals surface area (Å²) in [5.41, 5.74) is 0. The number of rotatable bonds is 3. The molecule has 8 atom stereocenters. The van der Waals surface area contributed by atoms with Crippen LogP contribution in [0.4, 0.5) is 4.39 Å². The molecule has 0 aromatic rings. The Morgan fingerprint density at radius 1 is 1.10 bits per heavy atom. The van der Waals surface area contributed by atoms with E-state index in [0.717, 1.165) is 51.7 Å². The van der Waals surface area contributed by atoms with E-state index >= 15 is 0 Å². The number of piperazine rings is 1. The molecule has 0 aromatic carbocycles. The van der Waals surface area contributed by atoms with Gasteiger partial charge in [0.25, 0.3) is 0 Å². The van der Waals surface area contributed by atoms with Gasteiger partial charge in [0.2, 0.25) is 11.8 Å². The lowest BCUT2D eigenvalue weighted by atomic mass is 9.77. The summed E-state index contributed by atoms with van der Waals surface area (Å²) in [5.74, 6) is 0.831. The van der Waals surface area contributed by atoms with Crippen LogP contribution in [0.1, 0.15) is 64.7 Å². The predicted molar refractivity (Wildman–Crippen MR) is 113 cm³/mol.